The summed E-state index contributed by atoms with van der Waals surface area (Å²) in [5.74, 6) is 0. The van der Waals surface area contributed by atoms with Crippen LogP contribution in [0, 0.1) is 13.8 Å². The van der Waals surface area contributed by atoms with E-state index in [0.29, 0.717) is 0 Å². The molecule has 3 heteroatoms. The van der Waals surface area contributed by atoms with E-state index in [9.17, 15) is 0 Å². The van der Waals surface area contributed by atoms with Crippen LogP contribution in [0.2, 0.25) is 0 Å². The van der Waals surface area contributed by atoms with Crippen LogP contribution in [-0.2, 0) is 15.3 Å². The minimum Gasteiger partial charge on any atom is -0.165 e. The minimum absolute atomic E-state index is 1.29. The number of fused-ring (bicyclic) bond motifs is 4. The second-order valence-corrected chi connectivity index (χ2v) is 17.3. The zero-order chi connectivity index (χ0) is 31.3. The van der Waals surface area contributed by atoms with Gasteiger partial charge in [-0.05, 0) is 44.8 Å². The Morgan fingerprint density at radius 2 is 0.889 bits per heavy atom. The Hall–Kier alpha value is -3.78. The molecule has 0 aromatic heterocycles. The van der Waals surface area contributed by atoms with Crippen molar-refractivity contribution in [3.8, 4) is 22.3 Å². The first-order valence-corrected chi connectivity index (χ1v) is 20.4. The molecule has 0 aliphatic heterocycles. The third-order valence-electron chi connectivity index (χ3n) is 8.13. The first-order valence-electron chi connectivity index (χ1n) is 15.2. The largest absolute Gasteiger partial charge is 0.165 e. The van der Waals surface area contributed by atoms with Gasteiger partial charge in [-0.25, -0.2) is 0 Å². The summed E-state index contributed by atoms with van der Waals surface area (Å²) in [5, 5.41) is 10.5. The number of rotatable bonds is 2. The maximum Gasteiger partial charge on any atom is -0.0178 e. The third-order valence-corrected chi connectivity index (χ3v) is 10.6. The number of aryl methyl sites for hydroxylation is 2. The van der Waals surface area contributed by atoms with Gasteiger partial charge < -0.3 is 0 Å². The van der Waals surface area contributed by atoms with Crippen molar-refractivity contribution < 1.29 is 15.3 Å². The summed E-state index contributed by atoms with van der Waals surface area (Å²) in [4.78, 5) is 0. The van der Waals surface area contributed by atoms with Gasteiger partial charge >= 0.3 is 45.1 Å². The Kier molecular flexibility index (Phi) is 9.79. The van der Waals surface area contributed by atoms with Crippen LogP contribution in [0.1, 0.15) is 18.1 Å². The zero-order valence-electron chi connectivity index (χ0n) is 25.7. The van der Waals surface area contributed by atoms with Crippen molar-refractivity contribution in [2.45, 2.75) is 20.8 Å². The third kappa shape index (κ3) is 7.22. The molecule has 0 fully saturated rings. The van der Waals surface area contributed by atoms with E-state index < -0.39 is 15.3 Å². The van der Waals surface area contributed by atoms with Gasteiger partial charge in [0, 0.05) is 0 Å². The first-order chi connectivity index (χ1) is 21.9. The normalized spacial score (nSPS) is 10.8. The number of halogens is 2. The van der Waals surface area contributed by atoms with Crippen LogP contribution < -0.4 is 0 Å². The Labute approximate surface area is 279 Å². The van der Waals surface area contributed by atoms with E-state index in [2.05, 4.69) is 159 Å². The van der Waals surface area contributed by atoms with Crippen LogP contribution in [0.4, 0.5) is 0 Å². The van der Waals surface area contributed by atoms with Gasteiger partial charge in [-0.2, -0.15) is 12.1 Å². The van der Waals surface area contributed by atoms with E-state index in [1.54, 1.807) is 0 Å². The molecule has 0 amide bonds. The minimum atomic E-state index is -1.54. The molecule has 0 radical (unpaired) electrons. The molecule has 0 heterocycles. The SMILES string of the molecule is C[CH]=[Ti]([Cl])[Cl].Cc1cc2c(-c3ccc4ccccc4c3)cccc2[cH-]1.Cc1cc2c(-c3ccc4ccccc4c3)cccc2[cH-]1. The predicted octanol–water partition coefficient (Wildman–Crippen LogP) is 13.1. The molecule has 8 aromatic carbocycles. The average molecular weight is 658 g/mol. The van der Waals surface area contributed by atoms with Crippen LogP contribution in [0.15, 0.2) is 146 Å². The van der Waals surface area contributed by atoms with E-state index in [4.69, 9.17) is 18.6 Å². The summed E-state index contributed by atoms with van der Waals surface area (Å²) in [7, 11) is 10.7. The molecule has 0 unspecified atom stereocenters. The fourth-order valence-corrected chi connectivity index (χ4v) is 5.99. The molecule has 8 aromatic rings. The molecule has 0 saturated carbocycles. The monoisotopic (exact) mass is 656 g/mol. The first kappa shape index (κ1) is 31.2. The van der Waals surface area contributed by atoms with Crippen LogP contribution >= 0.6 is 18.6 Å². The molecule has 0 atom stereocenters. The van der Waals surface area contributed by atoms with Gasteiger partial charge in [0.25, 0.3) is 0 Å². The van der Waals surface area contributed by atoms with Crippen LogP contribution in [0.25, 0.3) is 65.3 Å². The number of hydrogen-bond donors (Lipinski definition) is 0. The second-order valence-electron chi connectivity index (χ2n) is 11.4. The average Bonchev–Trinajstić information content (AvgIpc) is 3.65. The summed E-state index contributed by atoms with van der Waals surface area (Å²) in [5.41, 5.74) is 7.88. The Balaban J connectivity index is 0.000000139. The maximum atomic E-state index is 5.34. The van der Waals surface area contributed by atoms with Gasteiger partial charge in [0.15, 0.2) is 0 Å². The maximum absolute atomic E-state index is 5.34. The molecule has 8 rings (SSSR count). The van der Waals surface area contributed by atoms with E-state index in [1.165, 1.54) is 76.5 Å². The zero-order valence-corrected chi connectivity index (χ0v) is 28.8. The van der Waals surface area contributed by atoms with E-state index in [1.807, 2.05) is 11.2 Å². The van der Waals surface area contributed by atoms with E-state index in [0.717, 1.165) is 0 Å². The number of benzene rings is 6. The van der Waals surface area contributed by atoms with Crippen LogP contribution in [-0.4, -0.2) is 4.31 Å². The molecule has 0 saturated heterocycles. The molecule has 0 aliphatic rings. The topological polar surface area (TPSA) is 0 Å². The van der Waals surface area contributed by atoms with Gasteiger partial charge in [-0.1, -0.05) is 110 Å². The molecule has 0 nitrogen and oxygen atoms in total. The Morgan fingerprint density at radius 3 is 1.29 bits per heavy atom. The van der Waals surface area contributed by atoms with Crippen molar-refractivity contribution in [3.05, 3.63) is 157 Å². The van der Waals surface area contributed by atoms with Gasteiger partial charge in [-0.3, -0.25) is 0 Å². The van der Waals surface area contributed by atoms with E-state index >= 15 is 0 Å². The van der Waals surface area contributed by atoms with Crippen LogP contribution in [0.5, 0.6) is 0 Å². The fourth-order valence-electron chi connectivity index (χ4n) is 5.99. The van der Waals surface area contributed by atoms with Crippen molar-refractivity contribution in [2.75, 3.05) is 0 Å². The van der Waals surface area contributed by atoms with Gasteiger partial charge in [0.2, 0.25) is 0 Å². The second kappa shape index (κ2) is 14.1. The molecule has 0 bridgehead atoms. The van der Waals surface area contributed by atoms with Crippen molar-refractivity contribution in [3.63, 3.8) is 0 Å². The smallest absolute Gasteiger partial charge is 0.0178 e. The van der Waals surface area contributed by atoms with E-state index in [-0.39, 0.29) is 0 Å². The molecule has 0 spiro atoms. The molecular formula is C42H34Cl2Ti-2. The molecule has 222 valence electrons. The summed E-state index contributed by atoms with van der Waals surface area (Å²) in [6.07, 6.45) is 0. The summed E-state index contributed by atoms with van der Waals surface area (Å²) < 4.78 is 1.86. The molecule has 0 aliphatic carbocycles. The molecular weight excluding hydrogens is 623 g/mol. The quantitative estimate of drug-likeness (QED) is 0.128. The van der Waals surface area contributed by atoms with Crippen molar-refractivity contribution in [1.82, 2.24) is 0 Å². The Morgan fingerprint density at radius 1 is 0.489 bits per heavy atom. The molecule has 45 heavy (non-hydrogen) atoms. The van der Waals surface area contributed by atoms with Gasteiger partial charge in [0.1, 0.15) is 0 Å². The summed E-state index contributed by atoms with van der Waals surface area (Å²) in [6, 6.07) is 52.6. The standard InChI is InChI=1S/2C20H15.C2H4.2ClH.Ti/c2*1-14-11-17-7-4-8-19(20(17)12-14)18-10-9-15-5-2-3-6-16(15)13-18;1-2;;;/h2*2-13H,1H3;1H,2H3;2*1H;/q2*-1;;;;+2/p-2. The number of hydrogen-bond acceptors (Lipinski definition) is 0. The fraction of sp³-hybridized carbons (Fsp3) is 0.0714. The van der Waals surface area contributed by atoms with Crippen molar-refractivity contribution in [2.24, 2.45) is 0 Å². The van der Waals surface area contributed by atoms with Gasteiger partial charge in [-0.15, -0.1) is 69.1 Å². The van der Waals surface area contributed by atoms with Crippen LogP contribution in [0.3, 0.4) is 0 Å². The van der Waals surface area contributed by atoms with Gasteiger partial charge in [0.05, 0.1) is 0 Å². The predicted molar refractivity (Wildman–Crippen MR) is 198 cm³/mol. The molecule has 0 N–H and O–H groups in total. The summed E-state index contributed by atoms with van der Waals surface area (Å²) in [6.45, 7) is 6.20. The summed E-state index contributed by atoms with van der Waals surface area (Å²) >= 11 is -1.54. The Bertz CT molecular complexity index is 2120. The van der Waals surface area contributed by atoms with Crippen molar-refractivity contribution in [1.29, 1.82) is 0 Å². The van der Waals surface area contributed by atoms with Crippen molar-refractivity contribution >= 4 is 66.0 Å².